The average Bonchev–Trinajstić information content (AvgIpc) is 3.09. The molecule has 21 heavy (non-hydrogen) atoms. The van der Waals surface area contributed by atoms with Crippen molar-refractivity contribution in [3.8, 4) is 0 Å². The van der Waals surface area contributed by atoms with Gasteiger partial charge in [0.1, 0.15) is 17.7 Å². The largest absolute Gasteiger partial charge is 0.299 e. The van der Waals surface area contributed by atoms with Crippen molar-refractivity contribution < 1.29 is 14.0 Å². The van der Waals surface area contributed by atoms with Gasteiger partial charge in [-0.3, -0.25) is 9.59 Å². The lowest BCUT2D eigenvalue weighted by molar-refractivity contribution is -0.121. The van der Waals surface area contributed by atoms with Crippen LogP contribution in [0.5, 0.6) is 0 Å². The van der Waals surface area contributed by atoms with Crippen LogP contribution in [0.4, 0.5) is 4.39 Å². The molecule has 2 saturated carbocycles. The first-order valence-electron chi connectivity index (χ1n) is 7.50. The normalized spacial score (nSPS) is 22.6. The predicted octanol–water partition coefficient (Wildman–Crippen LogP) is 5.24. The Kier molecular flexibility index (Phi) is 10.8. The van der Waals surface area contributed by atoms with Gasteiger partial charge in [-0.15, -0.1) is 0 Å². The topological polar surface area (TPSA) is 34.1 Å². The second-order valence-corrected chi connectivity index (χ2v) is 6.76. The van der Waals surface area contributed by atoms with Crippen molar-refractivity contribution in [3.05, 3.63) is 0 Å². The number of hydrogen-bond acceptors (Lipinski definition) is 2. The SMILES string of the molecule is C.C.CC(C)CC(=O)C1CC1.CC(C)CC(=O)C1CC1F. The van der Waals surface area contributed by atoms with Crippen LogP contribution >= 0.6 is 0 Å². The number of hydrogen-bond donors (Lipinski definition) is 0. The van der Waals surface area contributed by atoms with Crippen molar-refractivity contribution in [2.75, 3.05) is 0 Å². The maximum atomic E-state index is 12.3. The van der Waals surface area contributed by atoms with Gasteiger partial charge < -0.3 is 0 Å². The van der Waals surface area contributed by atoms with Gasteiger partial charge >= 0.3 is 0 Å². The lowest BCUT2D eigenvalue weighted by Gasteiger charge is -2.00. The minimum Gasteiger partial charge on any atom is -0.299 e. The molecule has 3 heteroatoms. The highest BCUT2D eigenvalue weighted by Gasteiger charge is 2.42. The lowest BCUT2D eigenvalue weighted by Crippen LogP contribution is -2.06. The van der Waals surface area contributed by atoms with Crippen molar-refractivity contribution >= 4 is 11.6 Å². The third kappa shape index (κ3) is 9.76. The smallest absolute Gasteiger partial charge is 0.139 e. The summed E-state index contributed by atoms with van der Waals surface area (Å²) in [6.07, 6.45) is 3.32. The molecule has 0 bridgehead atoms. The van der Waals surface area contributed by atoms with E-state index >= 15 is 0 Å². The molecule has 2 aliphatic rings. The van der Waals surface area contributed by atoms with Gasteiger partial charge in [-0.2, -0.15) is 0 Å². The van der Waals surface area contributed by atoms with Gasteiger partial charge in [-0.05, 0) is 31.1 Å². The Labute approximate surface area is 130 Å². The van der Waals surface area contributed by atoms with Gasteiger partial charge in [0, 0.05) is 18.8 Å². The Morgan fingerprint density at radius 1 is 0.952 bits per heavy atom. The Morgan fingerprint density at radius 3 is 1.62 bits per heavy atom. The van der Waals surface area contributed by atoms with Crippen LogP contribution in [0.1, 0.15) is 74.7 Å². The molecule has 0 aromatic rings. The van der Waals surface area contributed by atoms with Gasteiger partial charge in [0.2, 0.25) is 0 Å². The predicted molar refractivity (Wildman–Crippen MR) is 88.1 cm³/mol. The number of alkyl halides is 1. The van der Waals surface area contributed by atoms with Crippen LogP contribution < -0.4 is 0 Å². The number of carbonyl (C=O) groups excluding carboxylic acids is 2. The van der Waals surface area contributed by atoms with E-state index in [1.54, 1.807) is 0 Å². The summed E-state index contributed by atoms with van der Waals surface area (Å²) >= 11 is 0. The minimum atomic E-state index is -0.814. The van der Waals surface area contributed by atoms with Crippen LogP contribution in [0.15, 0.2) is 0 Å². The first-order chi connectivity index (χ1) is 8.81. The third-order valence-corrected chi connectivity index (χ3v) is 3.38. The van der Waals surface area contributed by atoms with Gasteiger partial charge in [0.05, 0.1) is 5.92 Å². The molecule has 0 radical (unpaired) electrons. The van der Waals surface area contributed by atoms with E-state index in [1.165, 1.54) is 0 Å². The zero-order valence-corrected chi connectivity index (χ0v) is 12.6. The Balaban J connectivity index is 0. The van der Waals surface area contributed by atoms with E-state index in [1.807, 2.05) is 13.8 Å². The summed E-state index contributed by atoms with van der Waals surface area (Å²) in [5.74, 6) is 1.76. The molecule has 2 aliphatic carbocycles. The molecule has 2 unspecified atom stereocenters. The Morgan fingerprint density at radius 2 is 1.33 bits per heavy atom. The average molecular weight is 302 g/mol. The molecular formula is C18H35FO2. The second-order valence-electron chi connectivity index (χ2n) is 6.76. The molecule has 0 N–H and O–H groups in total. The molecule has 0 saturated heterocycles. The fraction of sp³-hybridized carbons (Fsp3) is 0.889. The molecule has 0 heterocycles. The fourth-order valence-electron chi connectivity index (χ4n) is 2.03. The number of ketones is 2. The third-order valence-electron chi connectivity index (χ3n) is 3.38. The summed E-state index contributed by atoms with van der Waals surface area (Å²) in [7, 11) is 0. The summed E-state index contributed by atoms with van der Waals surface area (Å²) in [5, 5.41) is 0. The molecule has 0 amide bonds. The lowest BCUT2D eigenvalue weighted by atomic mass is 10.0. The van der Waals surface area contributed by atoms with Gasteiger partial charge in [0.25, 0.3) is 0 Å². The number of rotatable bonds is 6. The highest BCUT2D eigenvalue weighted by Crippen LogP contribution is 2.36. The van der Waals surface area contributed by atoms with Crippen molar-refractivity contribution in [2.24, 2.45) is 23.7 Å². The van der Waals surface area contributed by atoms with Crippen LogP contribution in [-0.2, 0) is 9.59 Å². The molecule has 2 atom stereocenters. The van der Waals surface area contributed by atoms with Crippen molar-refractivity contribution in [3.63, 3.8) is 0 Å². The fourth-order valence-corrected chi connectivity index (χ4v) is 2.03. The highest BCUT2D eigenvalue weighted by atomic mass is 19.1. The molecule has 2 fully saturated rings. The van der Waals surface area contributed by atoms with Crippen molar-refractivity contribution in [1.29, 1.82) is 0 Å². The standard InChI is InChI=1S/C8H13FO.C8H14O.2CH4/c1-5(2)3-8(10)6-4-7(6)9;1-6(2)5-8(9)7-3-4-7;;/h5-7H,3-4H2,1-2H3;6-7H,3-5H2,1-2H3;2*1H4. The van der Waals surface area contributed by atoms with Crippen molar-refractivity contribution in [1.82, 2.24) is 0 Å². The summed E-state index contributed by atoms with van der Waals surface area (Å²) in [6, 6.07) is 0. The highest BCUT2D eigenvalue weighted by molar-refractivity contribution is 5.84. The van der Waals surface area contributed by atoms with Gasteiger partial charge in [0.15, 0.2) is 0 Å². The molecule has 2 rings (SSSR count). The zero-order chi connectivity index (χ0) is 14.6. The first kappa shape index (κ1) is 22.5. The first-order valence-corrected chi connectivity index (χ1v) is 7.50. The molecular weight excluding hydrogens is 267 g/mol. The summed E-state index contributed by atoms with van der Waals surface area (Å²) in [4.78, 5) is 22.0. The van der Waals surface area contributed by atoms with Crippen LogP contribution in [0, 0.1) is 23.7 Å². The number of Topliss-reactive ketones (excluding diaryl/α,β-unsaturated/α-hetero) is 2. The van der Waals surface area contributed by atoms with Crippen molar-refractivity contribution in [2.45, 2.75) is 80.8 Å². The van der Waals surface area contributed by atoms with E-state index in [-0.39, 0.29) is 26.6 Å². The van der Waals surface area contributed by atoms with E-state index in [2.05, 4.69) is 13.8 Å². The van der Waals surface area contributed by atoms with E-state index in [0.717, 1.165) is 19.3 Å². The van der Waals surface area contributed by atoms with Gasteiger partial charge in [-0.25, -0.2) is 4.39 Å². The maximum Gasteiger partial charge on any atom is 0.139 e. The van der Waals surface area contributed by atoms with E-state index in [0.29, 0.717) is 36.4 Å². The Bertz CT molecular complexity index is 319. The van der Waals surface area contributed by atoms with E-state index in [4.69, 9.17) is 0 Å². The number of carbonyl (C=O) groups is 2. The van der Waals surface area contributed by atoms with Crippen LogP contribution in [0.2, 0.25) is 0 Å². The molecule has 126 valence electrons. The quantitative estimate of drug-likeness (QED) is 0.672. The molecule has 0 aromatic heterocycles. The maximum absolute atomic E-state index is 12.3. The van der Waals surface area contributed by atoms with Crippen LogP contribution in [-0.4, -0.2) is 17.7 Å². The molecule has 0 aromatic carbocycles. The Hall–Kier alpha value is -0.730. The number of halogens is 1. The van der Waals surface area contributed by atoms with Gasteiger partial charge in [-0.1, -0.05) is 42.5 Å². The zero-order valence-electron chi connectivity index (χ0n) is 12.6. The van der Waals surface area contributed by atoms with Crippen LogP contribution in [0.3, 0.4) is 0 Å². The molecule has 0 aliphatic heterocycles. The second kappa shape index (κ2) is 10.1. The van der Waals surface area contributed by atoms with E-state index < -0.39 is 6.17 Å². The van der Waals surface area contributed by atoms with E-state index in [9.17, 15) is 14.0 Å². The van der Waals surface area contributed by atoms with Crippen LogP contribution in [0.25, 0.3) is 0 Å². The minimum absolute atomic E-state index is 0. The monoisotopic (exact) mass is 302 g/mol. The summed E-state index contributed by atoms with van der Waals surface area (Å²) in [5.41, 5.74) is 0. The molecule has 2 nitrogen and oxygen atoms in total. The summed E-state index contributed by atoms with van der Waals surface area (Å²) < 4.78 is 12.3. The summed E-state index contributed by atoms with van der Waals surface area (Å²) in [6.45, 7) is 8.15. The molecule has 0 spiro atoms.